The van der Waals surface area contributed by atoms with Crippen molar-refractivity contribution in [3.05, 3.63) is 65.7 Å². The van der Waals surface area contributed by atoms with Crippen LogP contribution in [-0.2, 0) is 19.9 Å². The highest BCUT2D eigenvalue weighted by Crippen LogP contribution is 2.39. The highest BCUT2D eigenvalue weighted by molar-refractivity contribution is 7.93. The van der Waals surface area contributed by atoms with Crippen LogP contribution in [0.15, 0.2) is 69.3 Å². The number of aryl methyl sites for hydroxylation is 1. The Hall–Kier alpha value is -3.24. The minimum Gasteiger partial charge on any atom is -0.506 e. The van der Waals surface area contributed by atoms with Crippen molar-refractivity contribution in [1.82, 2.24) is 0 Å². The summed E-state index contributed by atoms with van der Waals surface area (Å²) < 4.78 is 64.9. The Morgan fingerprint density at radius 3 is 1.72 bits per heavy atom. The van der Waals surface area contributed by atoms with Crippen molar-refractivity contribution in [2.45, 2.75) is 28.5 Å². The van der Waals surface area contributed by atoms with Gasteiger partial charge in [0.25, 0.3) is 10.0 Å². The number of benzene rings is 3. The van der Waals surface area contributed by atoms with E-state index in [0.29, 0.717) is 11.5 Å². The van der Waals surface area contributed by atoms with Crippen molar-refractivity contribution in [3.63, 3.8) is 0 Å². The summed E-state index contributed by atoms with van der Waals surface area (Å²) in [5.41, 5.74) is 0.319. The number of sulfone groups is 1. The normalized spacial score (nSPS) is 11.8. The number of sulfonamides is 1. The number of phenols is 1. The number of nitrogens with one attached hydrogen (secondary N) is 1. The molecule has 0 atom stereocenters. The first-order valence-corrected chi connectivity index (χ1v) is 12.4. The summed E-state index contributed by atoms with van der Waals surface area (Å²) in [7, 11) is -5.25. The van der Waals surface area contributed by atoms with Gasteiger partial charge in [0.1, 0.15) is 22.1 Å². The van der Waals surface area contributed by atoms with Crippen LogP contribution in [0.5, 0.6) is 17.2 Å². The molecule has 32 heavy (non-hydrogen) atoms. The average molecular weight is 478 g/mol. The molecule has 3 aromatic rings. The van der Waals surface area contributed by atoms with Crippen molar-refractivity contribution in [2.75, 3.05) is 18.9 Å². The molecule has 0 amide bonds. The van der Waals surface area contributed by atoms with E-state index in [4.69, 9.17) is 9.47 Å². The van der Waals surface area contributed by atoms with Gasteiger partial charge >= 0.3 is 0 Å². The van der Waals surface area contributed by atoms with E-state index in [-0.39, 0.29) is 31.5 Å². The lowest BCUT2D eigenvalue weighted by Gasteiger charge is -2.17. The van der Waals surface area contributed by atoms with Gasteiger partial charge in [-0.3, -0.25) is 4.72 Å². The van der Waals surface area contributed by atoms with Gasteiger partial charge in [0.15, 0.2) is 0 Å². The van der Waals surface area contributed by atoms with Gasteiger partial charge in [-0.15, -0.1) is 0 Å². The molecule has 0 aliphatic carbocycles. The third-order valence-corrected chi connectivity index (χ3v) is 8.26. The molecule has 8 nitrogen and oxygen atoms in total. The third kappa shape index (κ3) is 4.37. The maximum absolute atomic E-state index is 13.3. The van der Waals surface area contributed by atoms with Crippen molar-refractivity contribution >= 4 is 25.5 Å². The fourth-order valence-electron chi connectivity index (χ4n) is 3.14. The molecule has 0 bridgehead atoms. The Morgan fingerprint density at radius 2 is 1.25 bits per heavy atom. The fourth-order valence-corrected chi connectivity index (χ4v) is 5.91. The van der Waals surface area contributed by atoms with Gasteiger partial charge < -0.3 is 14.6 Å². The number of rotatable bonds is 7. The molecule has 10 heteroatoms. The zero-order valence-corrected chi connectivity index (χ0v) is 19.5. The number of anilines is 1. The molecule has 3 rings (SSSR count). The zero-order chi connectivity index (χ0) is 23.7. The summed E-state index contributed by atoms with van der Waals surface area (Å²) in [5.74, 6) is 0.529. The van der Waals surface area contributed by atoms with E-state index in [1.807, 2.05) is 0 Å². The van der Waals surface area contributed by atoms with Crippen molar-refractivity contribution in [1.29, 1.82) is 0 Å². The second-order valence-electron chi connectivity index (χ2n) is 7.00. The SMILES string of the molecule is COc1ccc(S(=O)(=O)Nc2cc(C)c(O)c(S(=O)(=O)c3ccc(OC)cc3)c2C)cc1. The monoisotopic (exact) mass is 477 g/mol. The van der Waals surface area contributed by atoms with E-state index in [2.05, 4.69) is 4.72 Å². The molecule has 0 fully saturated rings. The maximum atomic E-state index is 13.3. The van der Waals surface area contributed by atoms with Gasteiger partial charge in [-0.1, -0.05) is 0 Å². The summed E-state index contributed by atoms with van der Waals surface area (Å²) in [4.78, 5) is -0.454. The lowest BCUT2D eigenvalue weighted by molar-refractivity contribution is 0.414. The molecule has 0 unspecified atom stereocenters. The molecular formula is C22H23NO7S2. The summed E-state index contributed by atoms with van der Waals surface area (Å²) in [6.45, 7) is 2.93. The summed E-state index contributed by atoms with van der Waals surface area (Å²) >= 11 is 0. The van der Waals surface area contributed by atoms with Gasteiger partial charge in [0, 0.05) is 0 Å². The number of ether oxygens (including phenoxy) is 2. The van der Waals surface area contributed by atoms with Crippen LogP contribution in [0.3, 0.4) is 0 Å². The summed E-state index contributed by atoms with van der Waals surface area (Å²) in [5, 5.41) is 10.6. The highest BCUT2D eigenvalue weighted by atomic mass is 32.2. The number of hydrogen-bond acceptors (Lipinski definition) is 7. The quantitative estimate of drug-likeness (QED) is 0.499. The van der Waals surface area contributed by atoms with Crippen LogP contribution in [0, 0.1) is 13.8 Å². The number of aromatic hydroxyl groups is 1. The molecular weight excluding hydrogens is 454 g/mol. The van der Waals surface area contributed by atoms with Crippen molar-refractivity contribution in [3.8, 4) is 17.2 Å². The molecule has 0 saturated heterocycles. The minimum absolute atomic E-state index is 0.0250. The predicted octanol–water partition coefficient (Wildman–Crippen LogP) is 3.66. The van der Waals surface area contributed by atoms with E-state index >= 15 is 0 Å². The molecule has 0 heterocycles. The van der Waals surface area contributed by atoms with Crippen molar-refractivity contribution < 1.29 is 31.4 Å². The van der Waals surface area contributed by atoms with Gasteiger partial charge in [-0.05, 0) is 79.6 Å². The first kappa shape index (κ1) is 23.4. The van der Waals surface area contributed by atoms with Crippen LogP contribution in [0.2, 0.25) is 0 Å². The first-order chi connectivity index (χ1) is 15.0. The fraction of sp³-hybridized carbons (Fsp3) is 0.182. The molecule has 170 valence electrons. The predicted molar refractivity (Wildman–Crippen MR) is 120 cm³/mol. The van der Waals surface area contributed by atoms with Crippen LogP contribution in [0.4, 0.5) is 5.69 Å². The topological polar surface area (TPSA) is 119 Å². The molecule has 0 spiro atoms. The Labute approximate surface area is 187 Å². The van der Waals surface area contributed by atoms with Gasteiger partial charge in [0.2, 0.25) is 9.84 Å². The number of hydrogen-bond donors (Lipinski definition) is 2. The lowest BCUT2D eigenvalue weighted by Crippen LogP contribution is -2.15. The Kier molecular flexibility index (Phi) is 6.38. The molecule has 3 aromatic carbocycles. The van der Waals surface area contributed by atoms with Crippen LogP contribution >= 0.6 is 0 Å². The second-order valence-corrected chi connectivity index (χ2v) is 10.6. The molecule has 0 aliphatic heterocycles. The standard InChI is InChI=1S/C22H23NO7S2/c1-14-13-20(23-32(27,28)19-11-7-17(30-4)8-12-19)15(2)22(21(14)24)31(25,26)18-9-5-16(29-3)6-10-18/h5-13,23-24H,1-4H3. The number of phenolic OH excluding ortho intramolecular Hbond substituents is 1. The molecule has 0 aliphatic rings. The first-order valence-electron chi connectivity index (χ1n) is 9.40. The highest BCUT2D eigenvalue weighted by Gasteiger charge is 2.28. The lowest BCUT2D eigenvalue weighted by atomic mass is 10.1. The van der Waals surface area contributed by atoms with Gasteiger partial charge in [-0.2, -0.15) is 0 Å². The zero-order valence-electron chi connectivity index (χ0n) is 17.9. The van der Waals surface area contributed by atoms with Crippen LogP contribution in [0.1, 0.15) is 11.1 Å². The minimum atomic E-state index is -4.16. The molecule has 0 aromatic heterocycles. The van der Waals surface area contributed by atoms with E-state index in [1.165, 1.54) is 82.7 Å². The Morgan fingerprint density at radius 1 is 0.781 bits per heavy atom. The van der Waals surface area contributed by atoms with Gasteiger partial charge in [0.05, 0.1) is 29.7 Å². The maximum Gasteiger partial charge on any atom is 0.261 e. The second kappa shape index (κ2) is 8.71. The smallest absolute Gasteiger partial charge is 0.261 e. The van der Waals surface area contributed by atoms with Crippen LogP contribution in [-0.4, -0.2) is 36.2 Å². The molecule has 2 N–H and O–H groups in total. The summed E-state index contributed by atoms with van der Waals surface area (Å²) in [6.07, 6.45) is 0. The van der Waals surface area contributed by atoms with Crippen LogP contribution < -0.4 is 14.2 Å². The largest absolute Gasteiger partial charge is 0.506 e. The average Bonchev–Trinajstić information content (AvgIpc) is 2.77. The summed E-state index contributed by atoms with van der Waals surface area (Å²) in [6, 6.07) is 12.8. The number of methoxy groups -OCH3 is 2. The van der Waals surface area contributed by atoms with E-state index < -0.39 is 25.6 Å². The van der Waals surface area contributed by atoms with Crippen molar-refractivity contribution in [2.24, 2.45) is 0 Å². The van der Waals surface area contributed by atoms with E-state index in [1.54, 1.807) is 0 Å². The Balaban J connectivity index is 2.09. The third-order valence-electron chi connectivity index (χ3n) is 4.95. The van der Waals surface area contributed by atoms with E-state index in [0.717, 1.165) is 0 Å². The Bertz CT molecular complexity index is 1350. The molecule has 0 radical (unpaired) electrons. The van der Waals surface area contributed by atoms with Gasteiger partial charge in [-0.25, -0.2) is 16.8 Å². The van der Waals surface area contributed by atoms with E-state index in [9.17, 15) is 21.9 Å². The van der Waals surface area contributed by atoms with Crippen LogP contribution in [0.25, 0.3) is 0 Å². The molecule has 0 saturated carbocycles.